The summed E-state index contributed by atoms with van der Waals surface area (Å²) >= 11 is 5.86. The zero-order valence-electron chi connectivity index (χ0n) is 12.0. The average Bonchev–Trinajstić information content (AvgIpc) is 2.42. The summed E-state index contributed by atoms with van der Waals surface area (Å²) in [5, 5.41) is 4.95. The van der Waals surface area contributed by atoms with Crippen molar-refractivity contribution in [2.45, 2.75) is 20.3 Å². The maximum Gasteiger partial charge on any atom is 0.354 e. The number of hydrogen-bond acceptors (Lipinski definition) is 4. The highest BCUT2D eigenvalue weighted by molar-refractivity contribution is 6.35. The molecule has 0 aliphatic rings. The Balaban J connectivity index is 2.80. The van der Waals surface area contributed by atoms with E-state index in [0.717, 1.165) is 5.01 Å². The van der Waals surface area contributed by atoms with Crippen LogP contribution in [0.15, 0.2) is 23.3 Å². The smallest absolute Gasteiger partial charge is 0.354 e. The molecule has 1 aromatic carbocycles. The van der Waals surface area contributed by atoms with Crippen molar-refractivity contribution in [1.82, 2.24) is 5.01 Å². The summed E-state index contributed by atoms with van der Waals surface area (Å²) in [6.07, 6.45) is -0.248. The van der Waals surface area contributed by atoms with Crippen LogP contribution in [0.3, 0.4) is 0 Å². The second kappa shape index (κ2) is 7.73. The van der Waals surface area contributed by atoms with Gasteiger partial charge in [0.15, 0.2) is 0 Å². The molecule has 0 unspecified atom stereocenters. The zero-order valence-corrected chi connectivity index (χ0v) is 12.8. The number of esters is 1. The molecule has 1 aromatic rings. The van der Waals surface area contributed by atoms with E-state index in [1.165, 1.54) is 32.2 Å². The monoisotopic (exact) mass is 314 g/mol. The molecule has 7 heteroatoms. The van der Waals surface area contributed by atoms with E-state index >= 15 is 0 Å². The molecule has 5 nitrogen and oxygen atoms in total. The maximum atomic E-state index is 13.6. The molecule has 0 N–H and O–H groups in total. The van der Waals surface area contributed by atoms with Crippen LogP contribution in [0.4, 0.5) is 4.39 Å². The van der Waals surface area contributed by atoms with Crippen molar-refractivity contribution in [3.63, 3.8) is 0 Å². The van der Waals surface area contributed by atoms with Crippen LogP contribution in [-0.4, -0.2) is 36.3 Å². The highest BCUT2D eigenvalue weighted by Gasteiger charge is 2.16. The summed E-state index contributed by atoms with van der Waals surface area (Å²) in [7, 11) is 1.37. The highest BCUT2D eigenvalue weighted by atomic mass is 35.5. The van der Waals surface area contributed by atoms with Gasteiger partial charge in [-0.25, -0.2) is 14.2 Å². The first kappa shape index (κ1) is 17.1. The predicted molar refractivity (Wildman–Crippen MR) is 77.6 cm³/mol. The summed E-state index contributed by atoms with van der Waals surface area (Å²) in [6, 6.07) is 4.18. The number of benzene rings is 1. The lowest BCUT2D eigenvalue weighted by Crippen LogP contribution is -2.27. The number of hydrazone groups is 1. The molecule has 0 saturated carbocycles. The van der Waals surface area contributed by atoms with E-state index in [1.807, 2.05) is 0 Å². The Morgan fingerprint density at radius 3 is 2.67 bits per heavy atom. The van der Waals surface area contributed by atoms with Crippen molar-refractivity contribution in [1.29, 1.82) is 0 Å². The van der Waals surface area contributed by atoms with E-state index in [1.54, 1.807) is 6.92 Å². The first-order chi connectivity index (χ1) is 9.86. The second-order valence-electron chi connectivity index (χ2n) is 4.20. The molecule has 0 aliphatic carbocycles. The molecule has 0 bridgehead atoms. The van der Waals surface area contributed by atoms with Gasteiger partial charge in [0.05, 0.1) is 13.0 Å². The van der Waals surface area contributed by atoms with Gasteiger partial charge >= 0.3 is 5.97 Å². The van der Waals surface area contributed by atoms with Gasteiger partial charge in [-0.2, -0.15) is 5.10 Å². The molecule has 0 aromatic heterocycles. The van der Waals surface area contributed by atoms with Crippen LogP contribution >= 0.6 is 11.6 Å². The van der Waals surface area contributed by atoms with Gasteiger partial charge < -0.3 is 4.74 Å². The van der Waals surface area contributed by atoms with Crippen molar-refractivity contribution in [2.24, 2.45) is 5.10 Å². The first-order valence-corrected chi connectivity index (χ1v) is 6.66. The quantitative estimate of drug-likeness (QED) is 0.476. The predicted octanol–water partition coefficient (Wildman–Crippen LogP) is 2.42. The molecular weight excluding hydrogens is 299 g/mol. The van der Waals surface area contributed by atoms with Gasteiger partial charge in [-0.3, -0.25) is 4.79 Å². The Labute approximate surface area is 127 Å². The molecule has 0 radical (unpaired) electrons. The van der Waals surface area contributed by atoms with E-state index in [2.05, 4.69) is 5.10 Å². The Morgan fingerprint density at radius 2 is 2.10 bits per heavy atom. The minimum atomic E-state index is -0.610. The van der Waals surface area contributed by atoms with Gasteiger partial charge in [0.2, 0.25) is 5.91 Å². The lowest BCUT2D eigenvalue weighted by Gasteiger charge is -2.13. The summed E-state index contributed by atoms with van der Waals surface area (Å²) in [4.78, 5) is 23.4. The van der Waals surface area contributed by atoms with Crippen molar-refractivity contribution in [3.05, 3.63) is 34.6 Å². The molecule has 0 spiro atoms. The summed E-state index contributed by atoms with van der Waals surface area (Å²) in [5.41, 5.74) is 0.132. The minimum Gasteiger partial charge on any atom is -0.461 e. The summed E-state index contributed by atoms with van der Waals surface area (Å²) in [6.45, 7) is 3.31. The van der Waals surface area contributed by atoms with Crippen molar-refractivity contribution in [2.75, 3.05) is 13.7 Å². The largest absolute Gasteiger partial charge is 0.461 e. The molecule has 21 heavy (non-hydrogen) atoms. The number of carbonyl (C=O) groups is 2. The molecule has 1 rings (SSSR count). The van der Waals surface area contributed by atoms with Gasteiger partial charge in [0.1, 0.15) is 11.5 Å². The maximum absolute atomic E-state index is 13.6. The number of carbonyl (C=O) groups excluding carboxylic acids is 2. The fraction of sp³-hybridized carbons (Fsp3) is 0.357. The van der Waals surface area contributed by atoms with Crippen LogP contribution in [0.2, 0.25) is 5.02 Å². The molecule has 0 atom stereocenters. The van der Waals surface area contributed by atoms with Crippen LogP contribution in [0.5, 0.6) is 0 Å². The lowest BCUT2D eigenvalue weighted by atomic mass is 10.1. The second-order valence-corrected chi connectivity index (χ2v) is 4.61. The fourth-order valence-corrected chi connectivity index (χ4v) is 1.75. The van der Waals surface area contributed by atoms with Crippen LogP contribution in [-0.2, 0) is 20.7 Å². The fourth-order valence-electron chi connectivity index (χ4n) is 1.52. The molecule has 0 saturated heterocycles. The Morgan fingerprint density at radius 1 is 1.43 bits per heavy atom. The molecule has 0 aliphatic heterocycles. The van der Waals surface area contributed by atoms with Crippen LogP contribution in [0.1, 0.15) is 19.4 Å². The number of rotatable bonds is 5. The molecule has 0 fully saturated rings. The average molecular weight is 315 g/mol. The van der Waals surface area contributed by atoms with Crippen LogP contribution in [0, 0.1) is 5.82 Å². The van der Waals surface area contributed by atoms with Gasteiger partial charge in [0, 0.05) is 17.6 Å². The molecule has 114 valence electrons. The Bertz CT molecular complexity index is 555. The minimum absolute atomic E-state index is 0.0346. The van der Waals surface area contributed by atoms with Gasteiger partial charge in [-0.15, -0.1) is 0 Å². The third kappa shape index (κ3) is 4.82. The normalized spacial score (nSPS) is 11.2. The van der Waals surface area contributed by atoms with Crippen molar-refractivity contribution in [3.8, 4) is 0 Å². The van der Waals surface area contributed by atoms with Gasteiger partial charge in [0.25, 0.3) is 0 Å². The van der Waals surface area contributed by atoms with E-state index in [4.69, 9.17) is 16.3 Å². The Kier molecular flexibility index (Phi) is 6.30. The molecular formula is C14H16ClFN2O3. The van der Waals surface area contributed by atoms with Gasteiger partial charge in [-0.1, -0.05) is 17.7 Å². The number of ether oxygens (including phenoxy) is 1. The van der Waals surface area contributed by atoms with Crippen LogP contribution in [0.25, 0.3) is 0 Å². The number of hydrogen-bond donors (Lipinski definition) is 0. The number of likely N-dealkylation sites (N-methyl/N-ethyl adjacent to an activating group) is 1. The standard InChI is InChI=1S/C14H16ClFN2O3/c1-4-21-14(20)9(2)17-18(3)13(19)8-10-11(15)6-5-7-12(10)16/h5-7H,4,8H2,1-3H3. The van der Waals surface area contributed by atoms with E-state index in [9.17, 15) is 14.0 Å². The number of halogens is 2. The highest BCUT2D eigenvalue weighted by Crippen LogP contribution is 2.20. The summed E-state index contributed by atoms with van der Waals surface area (Å²) < 4.78 is 18.4. The number of nitrogens with zero attached hydrogens (tertiary/aromatic N) is 2. The van der Waals surface area contributed by atoms with Crippen LogP contribution < -0.4 is 0 Å². The molecule has 0 heterocycles. The van der Waals surface area contributed by atoms with E-state index in [-0.39, 0.29) is 29.3 Å². The van der Waals surface area contributed by atoms with E-state index in [0.29, 0.717) is 0 Å². The Hall–Kier alpha value is -1.95. The van der Waals surface area contributed by atoms with E-state index < -0.39 is 17.7 Å². The molecule has 1 amide bonds. The first-order valence-electron chi connectivity index (χ1n) is 6.28. The summed E-state index contributed by atoms with van der Waals surface area (Å²) in [5.74, 6) is -1.66. The third-order valence-electron chi connectivity index (χ3n) is 2.62. The lowest BCUT2D eigenvalue weighted by molar-refractivity contribution is -0.135. The van der Waals surface area contributed by atoms with Crippen molar-refractivity contribution >= 4 is 29.2 Å². The van der Waals surface area contributed by atoms with Gasteiger partial charge in [-0.05, 0) is 26.0 Å². The topological polar surface area (TPSA) is 59.0 Å². The SMILES string of the molecule is CCOC(=O)C(C)=NN(C)C(=O)Cc1c(F)cccc1Cl. The third-order valence-corrected chi connectivity index (χ3v) is 2.98. The zero-order chi connectivity index (χ0) is 16.0. The van der Waals surface area contributed by atoms with Crippen molar-refractivity contribution < 1.29 is 18.7 Å². The number of amides is 1.